The van der Waals surface area contributed by atoms with Crippen molar-refractivity contribution in [2.45, 2.75) is 76.5 Å². The first-order valence-electron chi connectivity index (χ1n) is 10.1. The summed E-state index contributed by atoms with van der Waals surface area (Å²) in [6, 6.07) is 16.6. The molecule has 2 aromatic carbocycles. The van der Waals surface area contributed by atoms with E-state index in [2.05, 4.69) is 50.2 Å². The van der Waals surface area contributed by atoms with Gasteiger partial charge in [0.15, 0.2) is 0 Å². The number of hydrogen-bond donors (Lipinski definition) is 0. The van der Waals surface area contributed by atoms with Crippen molar-refractivity contribution >= 4 is 16.9 Å². The number of aryl methyl sites for hydroxylation is 2. The predicted molar refractivity (Wildman–Crippen MR) is 114 cm³/mol. The topological polar surface area (TPSA) is 17.1 Å². The zero-order valence-corrected chi connectivity index (χ0v) is 17.1. The molecule has 0 aliphatic carbocycles. The number of carbonyl (C=O) groups is 1. The van der Waals surface area contributed by atoms with Crippen LogP contribution in [0.2, 0.25) is 0 Å². The monoisotopic (exact) mass is 368 g/mol. The highest BCUT2D eigenvalue weighted by Crippen LogP contribution is 2.24. The van der Waals surface area contributed by atoms with E-state index in [4.69, 9.17) is 0 Å². The molecule has 140 valence electrons. The molecule has 0 amide bonds. The van der Waals surface area contributed by atoms with Crippen LogP contribution in [0.5, 0.6) is 0 Å². The van der Waals surface area contributed by atoms with E-state index in [1.165, 1.54) is 67.8 Å². The fourth-order valence-corrected chi connectivity index (χ4v) is 3.75. The third kappa shape index (κ3) is 7.37. The fourth-order valence-electron chi connectivity index (χ4n) is 3.01. The molecule has 26 heavy (non-hydrogen) atoms. The summed E-state index contributed by atoms with van der Waals surface area (Å²) in [5, 5.41) is 0.126. The van der Waals surface area contributed by atoms with Crippen molar-refractivity contribution in [2.75, 3.05) is 0 Å². The second-order valence-corrected chi connectivity index (χ2v) is 8.04. The molecule has 0 N–H and O–H groups in total. The molecule has 0 aromatic heterocycles. The molecule has 0 spiro atoms. The van der Waals surface area contributed by atoms with Crippen LogP contribution in [-0.2, 0) is 12.8 Å². The molecule has 0 unspecified atom stereocenters. The van der Waals surface area contributed by atoms with Crippen molar-refractivity contribution in [1.29, 1.82) is 0 Å². The molecule has 0 bridgehead atoms. The van der Waals surface area contributed by atoms with Gasteiger partial charge in [0.2, 0.25) is 5.12 Å². The van der Waals surface area contributed by atoms with Crippen LogP contribution >= 0.6 is 11.8 Å². The fraction of sp³-hybridized carbons (Fsp3) is 0.458. The molecule has 1 nitrogen and oxygen atoms in total. The van der Waals surface area contributed by atoms with Crippen molar-refractivity contribution in [2.24, 2.45) is 0 Å². The van der Waals surface area contributed by atoms with Gasteiger partial charge in [-0.15, -0.1) is 0 Å². The first-order valence-corrected chi connectivity index (χ1v) is 10.9. The van der Waals surface area contributed by atoms with E-state index in [0.29, 0.717) is 0 Å². The standard InChI is InChI=1S/C24H32OS/c1-3-5-7-8-9-11-21-12-16-22(17-13-21)24(25)26-23-18-14-20(15-19-23)10-6-4-2/h12-19H,3-11H2,1-2H3. The summed E-state index contributed by atoms with van der Waals surface area (Å²) in [4.78, 5) is 13.5. The minimum Gasteiger partial charge on any atom is -0.281 e. The van der Waals surface area contributed by atoms with Gasteiger partial charge in [0.1, 0.15) is 0 Å². The number of benzene rings is 2. The van der Waals surface area contributed by atoms with E-state index in [1.807, 2.05) is 12.1 Å². The van der Waals surface area contributed by atoms with Crippen molar-refractivity contribution < 1.29 is 4.79 Å². The molecule has 0 saturated heterocycles. The van der Waals surface area contributed by atoms with Gasteiger partial charge in [0.05, 0.1) is 0 Å². The first-order chi connectivity index (χ1) is 12.7. The number of hydrogen-bond acceptors (Lipinski definition) is 2. The Morgan fingerprint density at radius 1 is 0.692 bits per heavy atom. The Hall–Kier alpha value is -1.54. The molecule has 0 heterocycles. The Kier molecular flexibility index (Phi) is 9.55. The Morgan fingerprint density at radius 2 is 1.23 bits per heavy atom. The zero-order valence-electron chi connectivity index (χ0n) is 16.3. The highest BCUT2D eigenvalue weighted by molar-refractivity contribution is 8.14. The van der Waals surface area contributed by atoms with Crippen LogP contribution in [-0.4, -0.2) is 5.12 Å². The predicted octanol–water partition coefficient (Wildman–Crippen LogP) is 7.47. The van der Waals surface area contributed by atoms with E-state index >= 15 is 0 Å². The smallest absolute Gasteiger partial charge is 0.224 e. The van der Waals surface area contributed by atoms with Crippen LogP contribution in [0.1, 0.15) is 80.3 Å². The van der Waals surface area contributed by atoms with Gasteiger partial charge in [0, 0.05) is 10.5 Å². The Labute approximate surface area is 163 Å². The molecule has 2 rings (SSSR count). The summed E-state index contributed by atoms with van der Waals surface area (Å²) >= 11 is 1.32. The zero-order chi connectivity index (χ0) is 18.6. The Balaban J connectivity index is 1.81. The molecular formula is C24H32OS. The van der Waals surface area contributed by atoms with Crippen LogP contribution in [0.3, 0.4) is 0 Å². The van der Waals surface area contributed by atoms with Gasteiger partial charge in [-0.3, -0.25) is 4.79 Å². The van der Waals surface area contributed by atoms with E-state index in [9.17, 15) is 4.79 Å². The summed E-state index contributed by atoms with van der Waals surface area (Å²) in [5.41, 5.74) is 3.48. The minimum absolute atomic E-state index is 0.126. The maximum absolute atomic E-state index is 12.5. The average molecular weight is 369 g/mol. The Morgan fingerprint density at radius 3 is 1.85 bits per heavy atom. The van der Waals surface area contributed by atoms with Gasteiger partial charge in [-0.25, -0.2) is 0 Å². The normalized spacial score (nSPS) is 10.8. The van der Waals surface area contributed by atoms with Gasteiger partial charge in [0.25, 0.3) is 0 Å². The third-order valence-electron chi connectivity index (χ3n) is 4.71. The first kappa shape index (κ1) is 20.8. The summed E-state index contributed by atoms with van der Waals surface area (Å²) < 4.78 is 0. The molecular weight excluding hydrogens is 336 g/mol. The Bertz CT molecular complexity index is 643. The van der Waals surface area contributed by atoms with Crippen LogP contribution < -0.4 is 0 Å². The van der Waals surface area contributed by atoms with Gasteiger partial charge >= 0.3 is 0 Å². The number of unbranched alkanes of at least 4 members (excludes halogenated alkanes) is 5. The van der Waals surface area contributed by atoms with Crippen molar-refractivity contribution in [1.82, 2.24) is 0 Å². The van der Waals surface area contributed by atoms with Crippen molar-refractivity contribution in [3.8, 4) is 0 Å². The van der Waals surface area contributed by atoms with E-state index in [-0.39, 0.29) is 5.12 Å². The largest absolute Gasteiger partial charge is 0.281 e. The van der Waals surface area contributed by atoms with E-state index in [1.54, 1.807) is 0 Å². The van der Waals surface area contributed by atoms with Gasteiger partial charge in [-0.05, 0) is 60.7 Å². The molecule has 0 fully saturated rings. The van der Waals surface area contributed by atoms with Gasteiger partial charge < -0.3 is 0 Å². The quantitative estimate of drug-likeness (QED) is 0.302. The third-order valence-corrected chi connectivity index (χ3v) is 5.64. The summed E-state index contributed by atoms with van der Waals surface area (Å²) in [6.07, 6.45) is 11.2. The minimum atomic E-state index is 0.126. The summed E-state index contributed by atoms with van der Waals surface area (Å²) in [5.74, 6) is 0. The molecule has 0 aliphatic rings. The lowest BCUT2D eigenvalue weighted by atomic mass is 10.0. The lowest BCUT2D eigenvalue weighted by Crippen LogP contribution is -1.94. The molecule has 0 aliphatic heterocycles. The van der Waals surface area contributed by atoms with Crippen LogP contribution in [0.4, 0.5) is 0 Å². The maximum Gasteiger partial charge on any atom is 0.224 e. The van der Waals surface area contributed by atoms with E-state index < -0.39 is 0 Å². The van der Waals surface area contributed by atoms with Crippen LogP contribution in [0.25, 0.3) is 0 Å². The maximum atomic E-state index is 12.5. The average Bonchev–Trinajstić information content (AvgIpc) is 2.68. The number of thioether (sulfide) groups is 1. The van der Waals surface area contributed by atoms with Gasteiger partial charge in [-0.2, -0.15) is 0 Å². The summed E-state index contributed by atoms with van der Waals surface area (Å²) in [7, 11) is 0. The summed E-state index contributed by atoms with van der Waals surface area (Å²) in [6.45, 7) is 4.45. The molecule has 2 heteroatoms. The lowest BCUT2D eigenvalue weighted by molar-refractivity contribution is 0.108. The molecule has 0 saturated carbocycles. The molecule has 2 aromatic rings. The highest BCUT2D eigenvalue weighted by Gasteiger charge is 2.08. The number of carbonyl (C=O) groups excluding carboxylic acids is 1. The second kappa shape index (κ2) is 12.0. The highest BCUT2D eigenvalue weighted by atomic mass is 32.2. The van der Waals surface area contributed by atoms with Crippen LogP contribution in [0.15, 0.2) is 53.4 Å². The van der Waals surface area contributed by atoms with E-state index in [0.717, 1.165) is 23.3 Å². The molecule has 0 atom stereocenters. The molecule has 0 radical (unpaired) electrons. The second-order valence-electron chi connectivity index (χ2n) is 7.00. The van der Waals surface area contributed by atoms with Crippen molar-refractivity contribution in [3.63, 3.8) is 0 Å². The van der Waals surface area contributed by atoms with Crippen molar-refractivity contribution in [3.05, 3.63) is 65.2 Å². The van der Waals surface area contributed by atoms with Crippen LogP contribution in [0, 0.1) is 0 Å². The number of rotatable bonds is 11. The lowest BCUT2D eigenvalue weighted by Gasteiger charge is -2.05. The SMILES string of the molecule is CCCCCCCc1ccc(C(=O)Sc2ccc(CCCC)cc2)cc1. The van der Waals surface area contributed by atoms with Gasteiger partial charge in [-0.1, -0.05) is 82.3 Å².